The fourth-order valence-electron chi connectivity index (χ4n) is 2.05. The van der Waals surface area contributed by atoms with E-state index in [1.54, 1.807) is 18.4 Å². The lowest BCUT2D eigenvalue weighted by Crippen LogP contribution is -2.12. The van der Waals surface area contributed by atoms with E-state index >= 15 is 0 Å². The zero-order chi connectivity index (χ0) is 15.5. The first-order chi connectivity index (χ1) is 10.7. The number of methoxy groups -OCH3 is 1. The van der Waals surface area contributed by atoms with Gasteiger partial charge in [-0.3, -0.25) is 4.79 Å². The van der Waals surface area contributed by atoms with E-state index in [1.165, 1.54) is 0 Å². The van der Waals surface area contributed by atoms with Gasteiger partial charge in [0.25, 0.3) is 0 Å². The van der Waals surface area contributed by atoms with E-state index in [4.69, 9.17) is 16.3 Å². The number of thiazole rings is 1. The van der Waals surface area contributed by atoms with Gasteiger partial charge in [0.15, 0.2) is 0 Å². The molecule has 0 atom stereocenters. The molecular formula is C16H13ClN2O2S. The van der Waals surface area contributed by atoms with E-state index < -0.39 is 0 Å². The minimum Gasteiger partial charge on any atom is -0.497 e. The smallest absolute Gasteiger partial charge is 0.239 e. The van der Waals surface area contributed by atoms with Crippen LogP contribution in [-0.4, -0.2) is 23.9 Å². The maximum absolute atomic E-state index is 11.3. The molecule has 3 aromatic rings. The van der Waals surface area contributed by atoms with Gasteiger partial charge in [-0.2, -0.15) is 0 Å². The Morgan fingerprint density at radius 2 is 2.05 bits per heavy atom. The summed E-state index contributed by atoms with van der Waals surface area (Å²) in [6.45, 7) is 0. The lowest BCUT2D eigenvalue weighted by atomic mass is 10.2. The second kappa shape index (κ2) is 6.34. The van der Waals surface area contributed by atoms with E-state index in [0.717, 1.165) is 32.2 Å². The number of carbonyl (C=O) groups excluding carboxylic acids is 1. The highest BCUT2D eigenvalue weighted by Crippen LogP contribution is 2.32. The molecule has 0 unspecified atom stereocenters. The molecule has 4 nitrogen and oxygen atoms in total. The Bertz CT molecular complexity index is 815. The molecule has 0 spiro atoms. The van der Waals surface area contributed by atoms with Crippen molar-refractivity contribution in [2.75, 3.05) is 18.3 Å². The van der Waals surface area contributed by atoms with Crippen molar-refractivity contribution in [3.8, 4) is 16.3 Å². The highest BCUT2D eigenvalue weighted by Gasteiger charge is 2.08. The lowest BCUT2D eigenvalue weighted by molar-refractivity contribution is -0.113. The minimum absolute atomic E-state index is 0.0577. The van der Waals surface area contributed by atoms with Gasteiger partial charge in [0.05, 0.1) is 17.3 Å². The molecule has 1 aromatic heterocycles. The van der Waals surface area contributed by atoms with Gasteiger partial charge >= 0.3 is 0 Å². The first-order valence-corrected chi connectivity index (χ1v) is 7.95. The first-order valence-electron chi connectivity index (χ1n) is 6.60. The maximum atomic E-state index is 11.3. The highest BCUT2D eigenvalue weighted by molar-refractivity contribution is 7.21. The van der Waals surface area contributed by atoms with Crippen LogP contribution in [0.15, 0.2) is 42.5 Å². The van der Waals surface area contributed by atoms with Gasteiger partial charge in [-0.05, 0) is 42.5 Å². The summed E-state index contributed by atoms with van der Waals surface area (Å²) in [4.78, 5) is 16.0. The van der Waals surface area contributed by atoms with E-state index in [0.29, 0.717) is 0 Å². The van der Waals surface area contributed by atoms with Crippen molar-refractivity contribution < 1.29 is 9.53 Å². The number of ether oxygens (including phenoxy) is 1. The Labute approximate surface area is 136 Å². The van der Waals surface area contributed by atoms with Gasteiger partial charge in [0.1, 0.15) is 16.6 Å². The molecule has 6 heteroatoms. The topological polar surface area (TPSA) is 51.2 Å². The lowest BCUT2D eigenvalue weighted by Gasteiger charge is -2.01. The second-order valence-electron chi connectivity index (χ2n) is 4.61. The zero-order valence-corrected chi connectivity index (χ0v) is 13.4. The summed E-state index contributed by atoms with van der Waals surface area (Å²) in [7, 11) is 1.64. The molecular weight excluding hydrogens is 320 g/mol. The van der Waals surface area contributed by atoms with Crippen LogP contribution in [0.2, 0.25) is 0 Å². The minimum atomic E-state index is -0.221. The van der Waals surface area contributed by atoms with E-state index in [2.05, 4.69) is 10.3 Å². The number of nitrogens with one attached hydrogen (secondary N) is 1. The number of amides is 1. The fraction of sp³-hybridized carbons (Fsp3) is 0.125. The number of aromatic nitrogens is 1. The van der Waals surface area contributed by atoms with Crippen LogP contribution in [0.5, 0.6) is 5.75 Å². The largest absolute Gasteiger partial charge is 0.497 e. The molecule has 0 aliphatic carbocycles. The number of nitrogens with zero attached hydrogens (tertiary/aromatic N) is 1. The molecule has 0 aliphatic heterocycles. The van der Waals surface area contributed by atoms with E-state index in [-0.39, 0.29) is 11.8 Å². The Kier molecular flexibility index (Phi) is 4.27. The van der Waals surface area contributed by atoms with Crippen LogP contribution in [-0.2, 0) is 4.79 Å². The standard InChI is InChI=1S/C16H13ClN2O2S/c1-21-12-5-2-10(3-6-12)16-19-13-7-4-11(8-14(13)22-16)18-15(20)9-17/h2-8H,9H2,1H3,(H,18,20). The monoisotopic (exact) mass is 332 g/mol. The second-order valence-corrected chi connectivity index (χ2v) is 5.91. The molecule has 0 radical (unpaired) electrons. The van der Waals surface area contributed by atoms with Gasteiger partial charge < -0.3 is 10.1 Å². The third-order valence-electron chi connectivity index (χ3n) is 3.13. The number of carbonyl (C=O) groups is 1. The van der Waals surface area contributed by atoms with Crippen molar-refractivity contribution in [2.24, 2.45) is 0 Å². The summed E-state index contributed by atoms with van der Waals surface area (Å²) in [5.41, 5.74) is 2.66. The summed E-state index contributed by atoms with van der Waals surface area (Å²) in [5, 5.41) is 3.67. The van der Waals surface area contributed by atoms with E-state index in [1.807, 2.05) is 42.5 Å². The van der Waals surface area contributed by atoms with Crippen molar-refractivity contribution in [1.82, 2.24) is 4.98 Å². The molecule has 22 heavy (non-hydrogen) atoms. The Morgan fingerprint density at radius 1 is 1.27 bits per heavy atom. The Hall–Kier alpha value is -2.11. The normalized spacial score (nSPS) is 10.6. The number of rotatable bonds is 4. The van der Waals surface area contributed by atoms with Crippen molar-refractivity contribution in [1.29, 1.82) is 0 Å². The maximum Gasteiger partial charge on any atom is 0.239 e. The molecule has 1 heterocycles. The van der Waals surface area contributed by atoms with Crippen LogP contribution in [0.1, 0.15) is 0 Å². The average molecular weight is 333 g/mol. The van der Waals surface area contributed by atoms with Gasteiger partial charge in [-0.15, -0.1) is 22.9 Å². The van der Waals surface area contributed by atoms with Crippen molar-refractivity contribution >= 4 is 44.7 Å². The van der Waals surface area contributed by atoms with E-state index in [9.17, 15) is 4.79 Å². The molecule has 0 aliphatic rings. The van der Waals surface area contributed by atoms with Gasteiger partial charge in [-0.1, -0.05) is 0 Å². The Morgan fingerprint density at radius 3 is 2.73 bits per heavy atom. The number of hydrogen-bond acceptors (Lipinski definition) is 4. The van der Waals surface area contributed by atoms with Gasteiger partial charge in [0, 0.05) is 11.3 Å². The molecule has 1 N–H and O–H groups in total. The van der Waals surface area contributed by atoms with Crippen molar-refractivity contribution in [3.05, 3.63) is 42.5 Å². The molecule has 112 valence electrons. The fourth-order valence-corrected chi connectivity index (χ4v) is 3.13. The number of hydrogen-bond donors (Lipinski definition) is 1. The quantitative estimate of drug-likeness (QED) is 0.730. The molecule has 0 fully saturated rings. The summed E-state index contributed by atoms with van der Waals surface area (Å²) >= 11 is 7.07. The number of benzene rings is 2. The number of alkyl halides is 1. The molecule has 0 saturated heterocycles. The van der Waals surface area contributed by atoms with Crippen LogP contribution >= 0.6 is 22.9 Å². The van der Waals surface area contributed by atoms with Gasteiger partial charge in [0.2, 0.25) is 5.91 Å². The third-order valence-corrected chi connectivity index (χ3v) is 4.44. The van der Waals surface area contributed by atoms with Crippen LogP contribution < -0.4 is 10.1 Å². The third kappa shape index (κ3) is 3.05. The number of fused-ring (bicyclic) bond motifs is 1. The summed E-state index contributed by atoms with van der Waals surface area (Å²) in [5.74, 6) is 0.537. The van der Waals surface area contributed by atoms with Crippen molar-refractivity contribution in [3.63, 3.8) is 0 Å². The number of halogens is 1. The van der Waals surface area contributed by atoms with Crippen molar-refractivity contribution in [2.45, 2.75) is 0 Å². The Balaban J connectivity index is 1.93. The molecule has 2 aromatic carbocycles. The van der Waals surface area contributed by atoms with Crippen LogP contribution in [0.3, 0.4) is 0 Å². The molecule has 0 saturated carbocycles. The SMILES string of the molecule is COc1ccc(-c2nc3ccc(NC(=O)CCl)cc3s2)cc1. The van der Waals surface area contributed by atoms with Crippen LogP contribution in [0, 0.1) is 0 Å². The summed E-state index contributed by atoms with van der Waals surface area (Å²) < 4.78 is 6.17. The van der Waals surface area contributed by atoms with Crippen LogP contribution in [0.4, 0.5) is 5.69 Å². The molecule has 0 bridgehead atoms. The first kappa shape index (κ1) is 14.8. The average Bonchev–Trinajstić information content (AvgIpc) is 2.98. The molecule has 1 amide bonds. The number of anilines is 1. The predicted octanol–water partition coefficient (Wildman–Crippen LogP) is 4.15. The summed E-state index contributed by atoms with van der Waals surface area (Å²) in [6, 6.07) is 13.4. The predicted molar refractivity (Wildman–Crippen MR) is 91.0 cm³/mol. The molecule has 3 rings (SSSR count). The van der Waals surface area contributed by atoms with Gasteiger partial charge in [-0.25, -0.2) is 4.98 Å². The van der Waals surface area contributed by atoms with Crippen LogP contribution in [0.25, 0.3) is 20.8 Å². The summed E-state index contributed by atoms with van der Waals surface area (Å²) in [6.07, 6.45) is 0. The zero-order valence-electron chi connectivity index (χ0n) is 11.8. The highest BCUT2D eigenvalue weighted by atomic mass is 35.5.